The molecule has 0 aliphatic rings. The van der Waals surface area contributed by atoms with Crippen LogP contribution in [0.1, 0.15) is 28.7 Å². The van der Waals surface area contributed by atoms with Crippen LogP contribution in [0.2, 0.25) is 4.34 Å². The van der Waals surface area contributed by atoms with E-state index in [0.29, 0.717) is 27.7 Å². The summed E-state index contributed by atoms with van der Waals surface area (Å²) in [4.78, 5) is 44.5. The van der Waals surface area contributed by atoms with Crippen molar-refractivity contribution >= 4 is 40.4 Å². The largest absolute Gasteiger partial charge is 0.354 e. The molecule has 8 nitrogen and oxygen atoms in total. The van der Waals surface area contributed by atoms with Crippen LogP contribution >= 0.6 is 22.9 Å². The molecule has 0 fully saturated rings. The van der Waals surface area contributed by atoms with Crippen LogP contribution in [0, 0.1) is 0 Å². The van der Waals surface area contributed by atoms with Gasteiger partial charge in [-0.25, -0.2) is 9.78 Å². The first-order valence-corrected chi connectivity index (χ1v) is 10.9. The van der Waals surface area contributed by atoms with Crippen molar-refractivity contribution in [3.05, 3.63) is 86.6 Å². The molecule has 1 aromatic carbocycles. The van der Waals surface area contributed by atoms with Crippen molar-refractivity contribution in [2.45, 2.75) is 19.8 Å². The van der Waals surface area contributed by atoms with Gasteiger partial charge in [-0.3, -0.25) is 14.2 Å². The van der Waals surface area contributed by atoms with E-state index in [2.05, 4.69) is 15.3 Å². The number of hydrogen-bond donors (Lipinski definition) is 1. The number of ketones is 1. The second-order valence-corrected chi connectivity index (χ2v) is 8.68. The third kappa shape index (κ3) is 5.01. The molecule has 0 aliphatic carbocycles. The van der Waals surface area contributed by atoms with Crippen molar-refractivity contribution in [3.63, 3.8) is 0 Å². The van der Waals surface area contributed by atoms with Gasteiger partial charge in [0.15, 0.2) is 5.78 Å². The lowest BCUT2D eigenvalue weighted by molar-refractivity contribution is -0.114. The standard InChI is InChI=1S/C22H18ClN5O3S/c1-14(29)25-21-10-11-28(22(31)26-21)17-5-3-16(4-6-17)27-12-15(24-13-27)2-7-18(30)19-8-9-20(23)32-19/h3-6,8-13H,2,7H2,1H3,(H,25,26,29,31). The molecule has 0 saturated carbocycles. The summed E-state index contributed by atoms with van der Waals surface area (Å²) in [5, 5.41) is 2.48. The third-order valence-corrected chi connectivity index (χ3v) is 5.90. The van der Waals surface area contributed by atoms with Crippen LogP contribution in [-0.4, -0.2) is 30.8 Å². The summed E-state index contributed by atoms with van der Waals surface area (Å²) >= 11 is 7.17. The maximum Gasteiger partial charge on any atom is 0.354 e. The van der Waals surface area contributed by atoms with E-state index < -0.39 is 5.69 Å². The number of imidazole rings is 1. The third-order valence-electron chi connectivity index (χ3n) is 4.63. The molecule has 0 saturated heterocycles. The first-order valence-electron chi connectivity index (χ1n) is 9.68. The van der Waals surface area contributed by atoms with Crippen LogP contribution in [0.15, 0.2) is 66.0 Å². The van der Waals surface area contributed by atoms with Crippen LogP contribution < -0.4 is 11.0 Å². The molecule has 0 atom stereocenters. The Morgan fingerprint density at radius 2 is 1.84 bits per heavy atom. The van der Waals surface area contributed by atoms with Crippen molar-refractivity contribution in [2.75, 3.05) is 5.32 Å². The fourth-order valence-electron chi connectivity index (χ4n) is 3.10. The molecule has 4 aromatic rings. The van der Waals surface area contributed by atoms with Gasteiger partial charge in [-0.05, 0) is 48.9 Å². The smallest absolute Gasteiger partial charge is 0.311 e. The molecular weight excluding hydrogens is 450 g/mol. The monoisotopic (exact) mass is 467 g/mol. The summed E-state index contributed by atoms with van der Waals surface area (Å²) in [6.07, 6.45) is 6.01. The molecular formula is C22H18ClN5O3S. The van der Waals surface area contributed by atoms with Gasteiger partial charge in [0.05, 0.1) is 26.9 Å². The van der Waals surface area contributed by atoms with Crippen molar-refractivity contribution in [2.24, 2.45) is 0 Å². The van der Waals surface area contributed by atoms with Gasteiger partial charge in [0.1, 0.15) is 5.82 Å². The van der Waals surface area contributed by atoms with Crippen LogP contribution in [0.25, 0.3) is 11.4 Å². The van der Waals surface area contributed by atoms with Gasteiger partial charge in [0.25, 0.3) is 0 Å². The lowest BCUT2D eigenvalue weighted by Crippen LogP contribution is -2.22. The number of benzene rings is 1. The van der Waals surface area contributed by atoms with Gasteiger partial charge in [0.2, 0.25) is 5.91 Å². The van der Waals surface area contributed by atoms with Crippen LogP contribution in [0.4, 0.5) is 5.82 Å². The fourth-order valence-corrected chi connectivity index (χ4v) is 4.11. The zero-order chi connectivity index (χ0) is 22.7. The van der Waals surface area contributed by atoms with Crippen molar-refractivity contribution in [1.29, 1.82) is 0 Å². The zero-order valence-electron chi connectivity index (χ0n) is 17.0. The normalized spacial score (nSPS) is 10.8. The average molecular weight is 468 g/mol. The SMILES string of the molecule is CC(=O)Nc1ccn(-c2ccc(-n3cnc(CCC(=O)c4ccc(Cl)s4)c3)cc2)c(=O)n1. The summed E-state index contributed by atoms with van der Waals surface area (Å²) < 4.78 is 3.84. The predicted octanol–water partition coefficient (Wildman–Crippen LogP) is 3.91. The van der Waals surface area contributed by atoms with E-state index in [4.69, 9.17) is 11.6 Å². The first-order chi connectivity index (χ1) is 15.4. The second kappa shape index (κ2) is 9.29. The van der Waals surface area contributed by atoms with E-state index in [-0.39, 0.29) is 17.5 Å². The second-order valence-electron chi connectivity index (χ2n) is 6.96. The number of nitrogens with one attached hydrogen (secondary N) is 1. The Hall–Kier alpha value is -3.56. The number of aryl methyl sites for hydroxylation is 1. The molecule has 3 heterocycles. The summed E-state index contributed by atoms with van der Waals surface area (Å²) in [6, 6.07) is 12.3. The van der Waals surface area contributed by atoms with Gasteiger partial charge >= 0.3 is 5.69 Å². The average Bonchev–Trinajstić information content (AvgIpc) is 3.41. The Morgan fingerprint density at radius 3 is 2.50 bits per heavy atom. The molecule has 32 heavy (non-hydrogen) atoms. The minimum absolute atomic E-state index is 0.0457. The van der Waals surface area contributed by atoms with E-state index in [0.717, 1.165) is 11.4 Å². The number of carbonyl (C=O) groups excluding carboxylic acids is 2. The highest BCUT2D eigenvalue weighted by Crippen LogP contribution is 2.23. The highest BCUT2D eigenvalue weighted by molar-refractivity contribution is 7.18. The predicted molar refractivity (Wildman–Crippen MR) is 123 cm³/mol. The van der Waals surface area contributed by atoms with E-state index in [1.807, 2.05) is 22.9 Å². The van der Waals surface area contributed by atoms with Gasteiger partial charge in [0, 0.05) is 31.4 Å². The number of thiophene rings is 1. The summed E-state index contributed by atoms with van der Waals surface area (Å²) in [5.41, 5.74) is 1.81. The Balaban J connectivity index is 1.43. The van der Waals surface area contributed by atoms with Crippen LogP contribution in [0.3, 0.4) is 0 Å². The number of amides is 1. The minimum Gasteiger partial charge on any atom is -0.311 e. The van der Waals surface area contributed by atoms with Crippen LogP contribution in [0.5, 0.6) is 0 Å². The minimum atomic E-state index is -0.495. The number of nitrogens with zero attached hydrogens (tertiary/aromatic N) is 4. The number of rotatable bonds is 7. The van der Waals surface area contributed by atoms with Crippen molar-refractivity contribution < 1.29 is 9.59 Å². The number of aromatic nitrogens is 4. The van der Waals surface area contributed by atoms with Crippen molar-refractivity contribution in [3.8, 4) is 11.4 Å². The molecule has 0 aliphatic heterocycles. The Labute approximate surface area is 192 Å². The molecule has 10 heteroatoms. The fraction of sp³-hybridized carbons (Fsp3) is 0.136. The quantitative estimate of drug-likeness (QED) is 0.415. The summed E-state index contributed by atoms with van der Waals surface area (Å²) in [7, 11) is 0. The molecule has 0 spiro atoms. The lowest BCUT2D eigenvalue weighted by atomic mass is 10.1. The highest BCUT2D eigenvalue weighted by Gasteiger charge is 2.11. The maximum absolute atomic E-state index is 12.3. The number of Topliss-reactive ketones (excluding diaryl/α,β-unsaturated/α-hetero) is 1. The molecule has 0 unspecified atom stereocenters. The topological polar surface area (TPSA) is 98.9 Å². The van der Waals surface area contributed by atoms with Crippen molar-refractivity contribution in [1.82, 2.24) is 19.1 Å². The number of anilines is 1. The Bertz CT molecular complexity index is 1340. The number of carbonyl (C=O) groups is 2. The summed E-state index contributed by atoms with van der Waals surface area (Å²) in [6.45, 7) is 1.35. The molecule has 1 N–H and O–H groups in total. The van der Waals surface area contributed by atoms with E-state index >= 15 is 0 Å². The van der Waals surface area contributed by atoms with E-state index in [1.54, 1.807) is 42.9 Å². The molecule has 0 radical (unpaired) electrons. The van der Waals surface area contributed by atoms with E-state index in [1.165, 1.54) is 22.8 Å². The molecule has 4 rings (SSSR count). The van der Waals surface area contributed by atoms with Gasteiger partial charge < -0.3 is 9.88 Å². The first kappa shape index (κ1) is 21.7. The highest BCUT2D eigenvalue weighted by atomic mass is 35.5. The molecule has 162 valence electrons. The Morgan fingerprint density at radius 1 is 1.09 bits per heavy atom. The van der Waals surface area contributed by atoms with Gasteiger partial charge in [-0.15, -0.1) is 11.3 Å². The van der Waals surface area contributed by atoms with E-state index in [9.17, 15) is 14.4 Å². The molecule has 0 bridgehead atoms. The molecule has 1 amide bonds. The van der Waals surface area contributed by atoms with Gasteiger partial charge in [-0.2, -0.15) is 4.98 Å². The molecule has 3 aromatic heterocycles. The van der Waals surface area contributed by atoms with Crippen LogP contribution in [-0.2, 0) is 11.2 Å². The number of halogens is 1. The Kier molecular flexibility index (Phi) is 6.29. The zero-order valence-corrected chi connectivity index (χ0v) is 18.6. The maximum atomic E-state index is 12.3. The lowest BCUT2D eigenvalue weighted by Gasteiger charge is -2.08. The van der Waals surface area contributed by atoms with Gasteiger partial charge in [-0.1, -0.05) is 11.6 Å². The number of hydrogen-bond acceptors (Lipinski definition) is 6. The summed E-state index contributed by atoms with van der Waals surface area (Å²) in [5.74, 6) is -0.0367.